The van der Waals surface area contributed by atoms with Crippen LogP contribution in [0.25, 0.3) is 0 Å². The van der Waals surface area contributed by atoms with E-state index in [0.717, 1.165) is 31.4 Å². The third kappa shape index (κ3) is 3.38. The van der Waals surface area contributed by atoms with Crippen LogP contribution in [-0.4, -0.2) is 32.2 Å². The van der Waals surface area contributed by atoms with Gasteiger partial charge in [-0.3, -0.25) is 0 Å². The maximum Gasteiger partial charge on any atom is 0.501 e. The number of anilines is 1. The van der Waals surface area contributed by atoms with Crippen molar-refractivity contribution in [2.24, 2.45) is 5.41 Å². The van der Waals surface area contributed by atoms with Gasteiger partial charge in [-0.15, -0.1) is 0 Å². The molecule has 1 saturated carbocycles. The lowest BCUT2D eigenvalue weighted by atomic mass is 9.67. The van der Waals surface area contributed by atoms with E-state index >= 15 is 0 Å². The predicted octanol–water partition coefficient (Wildman–Crippen LogP) is 2.94. The molecule has 0 saturated heterocycles. The fourth-order valence-electron chi connectivity index (χ4n) is 2.60. The Labute approximate surface area is 127 Å². The van der Waals surface area contributed by atoms with Gasteiger partial charge in [0.15, 0.2) is 0 Å². The highest BCUT2D eigenvalue weighted by atomic mass is 32.2. The maximum absolute atomic E-state index is 12.4. The maximum atomic E-state index is 12.4. The molecule has 0 unspecified atom stereocenters. The number of halogens is 3. The minimum atomic E-state index is -5.30. The molecule has 1 aromatic carbocycles. The SMILES string of the molecule is O=S(=O)(c1ccc(NCC2(CCO)CCC2)cc1)C(F)(F)F. The van der Waals surface area contributed by atoms with Crippen molar-refractivity contribution in [3.8, 4) is 0 Å². The van der Waals surface area contributed by atoms with Crippen LogP contribution < -0.4 is 5.32 Å². The van der Waals surface area contributed by atoms with Crippen LogP contribution >= 0.6 is 0 Å². The minimum absolute atomic E-state index is 0.0332. The molecule has 124 valence electrons. The topological polar surface area (TPSA) is 66.4 Å². The number of rotatable bonds is 6. The van der Waals surface area contributed by atoms with Crippen molar-refractivity contribution < 1.29 is 26.7 Å². The first-order valence-corrected chi connectivity index (χ1v) is 8.45. The van der Waals surface area contributed by atoms with Crippen LogP contribution in [0.15, 0.2) is 29.2 Å². The van der Waals surface area contributed by atoms with Crippen molar-refractivity contribution in [2.75, 3.05) is 18.5 Å². The van der Waals surface area contributed by atoms with Crippen molar-refractivity contribution >= 4 is 15.5 Å². The Balaban J connectivity index is 2.04. The minimum Gasteiger partial charge on any atom is -0.396 e. The summed E-state index contributed by atoms with van der Waals surface area (Å²) in [5, 5.41) is 12.2. The number of aliphatic hydroxyl groups excluding tert-OH is 1. The van der Waals surface area contributed by atoms with Crippen molar-refractivity contribution in [3.05, 3.63) is 24.3 Å². The molecule has 0 spiro atoms. The fraction of sp³-hybridized carbons (Fsp3) is 0.571. The van der Waals surface area contributed by atoms with Gasteiger partial charge in [0, 0.05) is 18.8 Å². The Morgan fingerprint density at radius 3 is 2.18 bits per heavy atom. The van der Waals surface area contributed by atoms with Gasteiger partial charge in [0.25, 0.3) is 9.84 Å². The van der Waals surface area contributed by atoms with Gasteiger partial charge in [0.1, 0.15) is 0 Å². The van der Waals surface area contributed by atoms with Crippen molar-refractivity contribution in [1.82, 2.24) is 0 Å². The van der Waals surface area contributed by atoms with E-state index < -0.39 is 20.2 Å². The second-order valence-electron chi connectivity index (χ2n) is 5.65. The normalized spacial score (nSPS) is 17.8. The third-order valence-electron chi connectivity index (χ3n) is 4.19. The molecule has 1 aromatic rings. The van der Waals surface area contributed by atoms with Crippen LogP contribution in [0, 0.1) is 5.41 Å². The Bertz CT molecular complexity index is 607. The van der Waals surface area contributed by atoms with E-state index in [0.29, 0.717) is 18.7 Å². The molecule has 0 radical (unpaired) electrons. The van der Waals surface area contributed by atoms with Gasteiger partial charge in [-0.25, -0.2) is 8.42 Å². The number of aliphatic hydroxyl groups is 1. The van der Waals surface area contributed by atoms with Crippen LogP contribution in [0.3, 0.4) is 0 Å². The summed E-state index contributed by atoms with van der Waals surface area (Å²) >= 11 is 0. The van der Waals surface area contributed by atoms with Gasteiger partial charge in [-0.1, -0.05) is 6.42 Å². The Hall–Kier alpha value is -1.28. The molecule has 1 aliphatic rings. The summed E-state index contributed by atoms with van der Waals surface area (Å²) in [6.07, 6.45) is 3.78. The van der Waals surface area contributed by atoms with E-state index in [1.54, 1.807) is 0 Å². The summed E-state index contributed by atoms with van der Waals surface area (Å²) in [6, 6.07) is 4.54. The van der Waals surface area contributed by atoms with Crippen LogP contribution in [0.4, 0.5) is 18.9 Å². The molecule has 0 aliphatic heterocycles. The number of hydrogen-bond donors (Lipinski definition) is 2. The van der Waals surface area contributed by atoms with Gasteiger partial charge < -0.3 is 10.4 Å². The third-order valence-corrected chi connectivity index (χ3v) is 5.70. The molecule has 2 rings (SSSR count). The van der Waals surface area contributed by atoms with Crippen LogP contribution in [-0.2, 0) is 9.84 Å². The fourth-order valence-corrected chi connectivity index (χ4v) is 3.37. The van der Waals surface area contributed by atoms with E-state index in [9.17, 15) is 21.6 Å². The summed E-state index contributed by atoms with van der Waals surface area (Å²) in [5.74, 6) is 0. The van der Waals surface area contributed by atoms with E-state index in [1.165, 1.54) is 12.1 Å². The van der Waals surface area contributed by atoms with Crippen molar-refractivity contribution in [2.45, 2.75) is 36.1 Å². The average Bonchev–Trinajstić information content (AvgIpc) is 2.41. The highest BCUT2D eigenvalue weighted by molar-refractivity contribution is 7.92. The van der Waals surface area contributed by atoms with Gasteiger partial charge in [-0.2, -0.15) is 13.2 Å². The van der Waals surface area contributed by atoms with Gasteiger partial charge in [0.2, 0.25) is 0 Å². The highest BCUT2D eigenvalue weighted by Crippen LogP contribution is 2.43. The first-order chi connectivity index (χ1) is 10.2. The van der Waals surface area contributed by atoms with Crippen LogP contribution in [0.2, 0.25) is 0 Å². The first-order valence-electron chi connectivity index (χ1n) is 6.96. The quantitative estimate of drug-likeness (QED) is 0.838. The predicted molar refractivity (Wildman–Crippen MR) is 76.2 cm³/mol. The van der Waals surface area contributed by atoms with Crippen LogP contribution in [0.1, 0.15) is 25.7 Å². The standard InChI is InChI=1S/C14H18F3NO3S/c15-14(16,17)22(20,21)12-4-2-11(3-5-12)18-10-13(8-9-19)6-1-7-13/h2-5,18-19H,1,6-10H2. The first kappa shape index (κ1) is 17.1. The summed E-state index contributed by atoms with van der Waals surface area (Å²) in [5.41, 5.74) is -4.70. The molecule has 22 heavy (non-hydrogen) atoms. The van der Waals surface area contributed by atoms with Crippen molar-refractivity contribution in [1.29, 1.82) is 0 Å². The van der Waals surface area contributed by atoms with Gasteiger partial charge in [0.05, 0.1) is 4.90 Å². The largest absolute Gasteiger partial charge is 0.501 e. The second kappa shape index (κ2) is 6.08. The number of hydrogen-bond acceptors (Lipinski definition) is 4. The molecule has 0 bridgehead atoms. The molecule has 0 heterocycles. The molecule has 0 atom stereocenters. The van der Waals surface area contributed by atoms with Crippen LogP contribution in [0.5, 0.6) is 0 Å². The summed E-state index contributed by atoms with van der Waals surface area (Å²) in [7, 11) is -5.30. The second-order valence-corrected chi connectivity index (χ2v) is 7.60. The van der Waals surface area contributed by atoms with Gasteiger partial charge >= 0.3 is 5.51 Å². The summed E-state index contributed by atoms with van der Waals surface area (Å²) in [4.78, 5) is -0.765. The number of benzene rings is 1. The molecule has 2 N–H and O–H groups in total. The lowest BCUT2D eigenvalue weighted by molar-refractivity contribution is -0.0436. The number of alkyl halides is 3. The molecule has 1 aliphatic carbocycles. The Morgan fingerprint density at radius 1 is 1.18 bits per heavy atom. The molecule has 8 heteroatoms. The molecular formula is C14H18F3NO3S. The molecule has 0 aromatic heterocycles. The zero-order valence-electron chi connectivity index (χ0n) is 11.9. The monoisotopic (exact) mass is 337 g/mol. The molecule has 4 nitrogen and oxygen atoms in total. The molecule has 0 amide bonds. The average molecular weight is 337 g/mol. The Kier molecular flexibility index (Phi) is 4.72. The van der Waals surface area contributed by atoms with Crippen molar-refractivity contribution in [3.63, 3.8) is 0 Å². The zero-order chi connectivity index (χ0) is 16.4. The lowest BCUT2D eigenvalue weighted by Crippen LogP contribution is -2.37. The smallest absolute Gasteiger partial charge is 0.396 e. The van der Waals surface area contributed by atoms with Gasteiger partial charge in [-0.05, 0) is 48.9 Å². The zero-order valence-corrected chi connectivity index (χ0v) is 12.7. The number of sulfone groups is 1. The summed E-state index contributed by atoms with van der Waals surface area (Å²) < 4.78 is 59.8. The molecular weight excluding hydrogens is 319 g/mol. The highest BCUT2D eigenvalue weighted by Gasteiger charge is 2.46. The Morgan fingerprint density at radius 2 is 1.77 bits per heavy atom. The number of nitrogens with one attached hydrogen (secondary N) is 1. The van der Waals surface area contributed by atoms with E-state index in [1.807, 2.05) is 0 Å². The van der Waals surface area contributed by atoms with E-state index in [2.05, 4.69) is 5.32 Å². The van der Waals surface area contributed by atoms with E-state index in [-0.39, 0.29) is 12.0 Å². The van der Waals surface area contributed by atoms with E-state index in [4.69, 9.17) is 5.11 Å². The lowest BCUT2D eigenvalue weighted by Gasteiger charge is -2.42. The summed E-state index contributed by atoms with van der Waals surface area (Å²) in [6.45, 7) is 0.712. The molecule has 1 fully saturated rings.